The molecule has 0 aliphatic heterocycles. The van der Waals surface area contributed by atoms with E-state index in [0.29, 0.717) is 12.3 Å². The predicted molar refractivity (Wildman–Crippen MR) is 89.8 cm³/mol. The number of nitrogens with zero attached hydrogens (tertiary/aromatic N) is 1. The quantitative estimate of drug-likeness (QED) is 0.718. The van der Waals surface area contributed by atoms with E-state index in [1.807, 2.05) is 0 Å². The van der Waals surface area contributed by atoms with Gasteiger partial charge in [-0.05, 0) is 38.3 Å². The molecule has 122 valence electrons. The van der Waals surface area contributed by atoms with Gasteiger partial charge in [0.1, 0.15) is 0 Å². The Morgan fingerprint density at radius 1 is 1.25 bits per heavy atom. The molecule has 1 rings (SSSR count). The van der Waals surface area contributed by atoms with Gasteiger partial charge in [-0.15, -0.1) is 24.8 Å². The van der Waals surface area contributed by atoms with Crippen molar-refractivity contribution in [3.8, 4) is 0 Å². The van der Waals surface area contributed by atoms with Crippen molar-refractivity contribution < 1.29 is 4.79 Å². The van der Waals surface area contributed by atoms with E-state index in [1.165, 1.54) is 12.8 Å². The monoisotopic (exact) mass is 327 g/mol. The molecule has 3 N–H and O–H groups in total. The highest BCUT2D eigenvalue weighted by molar-refractivity contribution is 5.85. The molecule has 0 bridgehead atoms. The Kier molecular flexibility index (Phi) is 14.1. The van der Waals surface area contributed by atoms with E-state index in [9.17, 15) is 4.79 Å². The third-order valence-corrected chi connectivity index (χ3v) is 3.90. The van der Waals surface area contributed by atoms with Gasteiger partial charge in [0.15, 0.2) is 0 Å². The Morgan fingerprint density at radius 3 is 2.45 bits per heavy atom. The van der Waals surface area contributed by atoms with Gasteiger partial charge in [-0.3, -0.25) is 4.79 Å². The number of likely N-dealkylation sites (N-methyl/N-ethyl adjacent to an activating group) is 1. The van der Waals surface area contributed by atoms with Gasteiger partial charge in [0.05, 0.1) is 0 Å². The van der Waals surface area contributed by atoms with Gasteiger partial charge in [0, 0.05) is 25.6 Å². The molecular weight excluding hydrogens is 297 g/mol. The molecule has 1 saturated carbocycles. The normalized spacial score (nSPS) is 21.2. The zero-order valence-corrected chi connectivity index (χ0v) is 14.4. The number of nitrogens with two attached hydrogens (primary N) is 1. The number of hydrogen-bond donors (Lipinski definition) is 2. The van der Waals surface area contributed by atoms with Crippen molar-refractivity contribution in [1.82, 2.24) is 10.2 Å². The number of hydrogen-bond acceptors (Lipinski definition) is 3. The summed E-state index contributed by atoms with van der Waals surface area (Å²) in [5.41, 5.74) is 5.98. The first-order chi connectivity index (χ1) is 8.67. The first-order valence-electron chi connectivity index (χ1n) is 7.42. The summed E-state index contributed by atoms with van der Waals surface area (Å²) in [6.07, 6.45) is 5.16. The summed E-state index contributed by atoms with van der Waals surface area (Å²) in [5.74, 6) is 0.577. The minimum Gasteiger partial charge on any atom is -0.355 e. The number of nitrogens with one attached hydrogen (secondary N) is 1. The molecule has 1 amide bonds. The van der Waals surface area contributed by atoms with Gasteiger partial charge in [-0.2, -0.15) is 0 Å². The summed E-state index contributed by atoms with van der Waals surface area (Å²) >= 11 is 0. The molecule has 6 heteroatoms. The average molecular weight is 328 g/mol. The maximum Gasteiger partial charge on any atom is 0.220 e. The molecule has 4 nitrogen and oxygen atoms in total. The second-order valence-corrected chi connectivity index (χ2v) is 5.34. The molecule has 1 fully saturated rings. The summed E-state index contributed by atoms with van der Waals surface area (Å²) in [5, 5.41) is 3.02. The summed E-state index contributed by atoms with van der Waals surface area (Å²) < 4.78 is 0. The number of carbonyl (C=O) groups is 1. The molecular formula is C14H31Cl2N3O. The summed E-state index contributed by atoms with van der Waals surface area (Å²) in [7, 11) is 0. The molecule has 0 unspecified atom stereocenters. The zero-order chi connectivity index (χ0) is 13.4. The highest BCUT2D eigenvalue weighted by Crippen LogP contribution is 2.26. The van der Waals surface area contributed by atoms with Gasteiger partial charge in [0.2, 0.25) is 5.91 Å². The van der Waals surface area contributed by atoms with Crippen LogP contribution in [0.4, 0.5) is 0 Å². The first-order valence-corrected chi connectivity index (χ1v) is 7.42. The lowest BCUT2D eigenvalue weighted by molar-refractivity contribution is -0.122. The van der Waals surface area contributed by atoms with Gasteiger partial charge < -0.3 is 16.0 Å². The molecule has 1 aliphatic rings. The third kappa shape index (κ3) is 8.30. The van der Waals surface area contributed by atoms with Gasteiger partial charge in [-0.1, -0.05) is 20.3 Å². The van der Waals surface area contributed by atoms with Crippen molar-refractivity contribution in [2.45, 2.75) is 52.0 Å². The lowest BCUT2D eigenvalue weighted by Gasteiger charge is -2.20. The molecule has 0 spiro atoms. The second-order valence-electron chi connectivity index (χ2n) is 5.34. The van der Waals surface area contributed by atoms with Crippen LogP contribution in [0.5, 0.6) is 0 Å². The number of carbonyl (C=O) groups excluding carboxylic acids is 1. The van der Waals surface area contributed by atoms with E-state index in [4.69, 9.17) is 5.73 Å². The Hall–Kier alpha value is -0.0300. The van der Waals surface area contributed by atoms with Crippen LogP contribution < -0.4 is 11.1 Å². The molecule has 0 saturated heterocycles. The fourth-order valence-corrected chi connectivity index (χ4v) is 2.73. The Balaban J connectivity index is 0. The minimum absolute atomic E-state index is 0. The summed E-state index contributed by atoms with van der Waals surface area (Å²) in [6.45, 7) is 8.22. The SMILES string of the molecule is CCCN(CC)CCNC(=O)C[C@@H]1CCC[C@H]1N.Cl.Cl. The van der Waals surface area contributed by atoms with Crippen molar-refractivity contribution in [2.75, 3.05) is 26.2 Å². The highest BCUT2D eigenvalue weighted by atomic mass is 35.5. The van der Waals surface area contributed by atoms with Gasteiger partial charge in [0.25, 0.3) is 0 Å². The molecule has 2 atom stereocenters. The maximum atomic E-state index is 11.8. The van der Waals surface area contributed by atoms with Gasteiger partial charge >= 0.3 is 0 Å². The molecule has 0 heterocycles. The number of rotatable bonds is 8. The van der Waals surface area contributed by atoms with E-state index < -0.39 is 0 Å². The predicted octanol–water partition coefficient (Wildman–Crippen LogP) is 2.20. The summed E-state index contributed by atoms with van der Waals surface area (Å²) in [4.78, 5) is 14.1. The maximum absolute atomic E-state index is 11.8. The molecule has 1 aliphatic carbocycles. The number of halogens is 2. The van der Waals surface area contributed by atoms with E-state index in [-0.39, 0.29) is 36.8 Å². The van der Waals surface area contributed by atoms with E-state index in [2.05, 4.69) is 24.1 Å². The number of amides is 1. The lowest BCUT2D eigenvalue weighted by Crippen LogP contribution is -2.37. The standard InChI is InChI=1S/C14H29N3O.2ClH/c1-3-9-17(4-2)10-8-16-14(18)11-12-6-5-7-13(12)15;;/h12-13H,3-11,15H2,1-2H3,(H,16,18);2*1H/t12-,13+;;/m0../s1. The summed E-state index contributed by atoms with van der Waals surface area (Å²) in [6, 6.07) is 0.239. The zero-order valence-electron chi connectivity index (χ0n) is 12.8. The van der Waals surface area contributed by atoms with Gasteiger partial charge in [-0.25, -0.2) is 0 Å². The van der Waals surface area contributed by atoms with E-state index >= 15 is 0 Å². The topological polar surface area (TPSA) is 58.4 Å². The van der Waals surface area contributed by atoms with Crippen LogP contribution in [-0.4, -0.2) is 43.0 Å². The molecule has 20 heavy (non-hydrogen) atoms. The largest absolute Gasteiger partial charge is 0.355 e. The first kappa shape index (κ1) is 22.3. The van der Waals surface area contributed by atoms with Crippen molar-refractivity contribution in [3.05, 3.63) is 0 Å². The van der Waals surface area contributed by atoms with Crippen LogP contribution in [0.3, 0.4) is 0 Å². The Labute approximate surface area is 136 Å². The molecule has 0 aromatic carbocycles. The molecule has 0 radical (unpaired) electrons. The molecule has 0 aromatic rings. The van der Waals surface area contributed by atoms with E-state index in [0.717, 1.165) is 39.0 Å². The van der Waals surface area contributed by atoms with Crippen LogP contribution in [0, 0.1) is 5.92 Å². The highest BCUT2D eigenvalue weighted by Gasteiger charge is 2.25. The van der Waals surface area contributed by atoms with Crippen molar-refractivity contribution in [1.29, 1.82) is 0 Å². The third-order valence-electron chi connectivity index (χ3n) is 3.90. The van der Waals surface area contributed by atoms with Crippen LogP contribution in [0.2, 0.25) is 0 Å². The Morgan fingerprint density at radius 2 is 1.95 bits per heavy atom. The smallest absolute Gasteiger partial charge is 0.220 e. The second kappa shape index (κ2) is 12.7. The Bertz CT molecular complexity index is 255. The minimum atomic E-state index is 0. The van der Waals surface area contributed by atoms with Crippen LogP contribution >= 0.6 is 24.8 Å². The fraction of sp³-hybridized carbons (Fsp3) is 0.929. The van der Waals surface area contributed by atoms with Crippen molar-refractivity contribution in [2.24, 2.45) is 11.7 Å². The van der Waals surface area contributed by atoms with Crippen LogP contribution in [-0.2, 0) is 4.79 Å². The lowest BCUT2D eigenvalue weighted by atomic mass is 10.00. The average Bonchev–Trinajstić information content (AvgIpc) is 2.74. The fourth-order valence-electron chi connectivity index (χ4n) is 2.73. The van der Waals surface area contributed by atoms with Crippen LogP contribution in [0.1, 0.15) is 46.0 Å². The van der Waals surface area contributed by atoms with Crippen LogP contribution in [0.15, 0.2) is 0 Å². The van der Waals surface area contributed by atoms with E-state index in [1.54, 1.807) is 0 Å². The van der Waals surface area contributed by atoms with Crippen molar-refractivity contribution >= 4 is 30.7 Å². The van der Waals surface area contributed by atoms with Crippen molar-refractivity contribution in [3.63, 3.8) is 0 Å². The van der Waals surface area contributed by atoms with Crippen LogP contribution in [0.25, 0.3) is 0 Å². The molecule has 0 aromatic heterocycles.